The maximum atomic E-state index is 13.6. The highest BCUT2D eigenvalue weighted by Crippen LogP contribution is 2.69. The van der Waals surface area contributed by atoms with Gasteiger partial charge in [-0.15, -0.1) is 0 Å². The van der Waals surface area contributed by atoms with Crippen molar-refractivity contribution in [3.63, 3.8) is 0 Å². The number of hydrogen-bond donors (Lipinski definition) is 0. The molecule has 0 spiro atoms. The molecule has 2 nitrogen and oxygen atoms in total. The Morgan fingerprint density at radius 2 is 0.955 bits per heavy atom. The molecule has 0 unspecified atom stereocenters. The summed E-state index contributed by atoms with van der Waals surface area (Å²) in [5.74, 6) is -45.7. The second-order valence-corrected chi connectivity index (χ2v) is 4.09. The van der Waals surface area contributed by atoms with Crippen molar-refractivity contribution in [2.45, 2.75) is 35.5 Å². The predicted molar refractivity (Wildman–Crippen MR) is 44.9 cm³/mol. The second kappa shape index (κ2) is 4.25. The van der Waals surface area contributed by atoms with E-state index < -0.39 is 41.4 Å². The van der Waals surface area contributed by atoms with Gasteiger partial charge in [0.25, 0.3) is 0 Å². The minimum Gasteiger partial charge on any atom is -0.413 e. The summed E-state index contributed by atoms with van der Waals surface area (Å²) in [6.45, 7) is 2.40. The molecule has 1 aliphatic carbocycles. The molecule has 22 heavy (non-hydrogen) atoms. The van der Waals surface area contributed by atoms with Crippen LogP contribution in [0.25, 0.3) is 0 Å². The third-order valence-electron chi connectivity index (χ3n) is 2.79. The van der Waals surface area contributed by atoms with E-state index in [4.69, 9.17) is 0 Å². The molecule has 0 aromatic heterocycles. The van der Waals surface area contributed by atoms with Gasteiger partial charge in [-0.25, -0.2) is 4.79 Å². The summed E-state index contributed by atoms with van der Waals surface area (Å²) >= 11 is 0. The highest BCUT2D eigenvalue weighted by Gasteiger charge is 3.03. The van der Waals surface area contributed by atoms with E-state index in [2.05, 4.69) is 11.3 Å². The van der Waals surface area contributed by atoms with Crippen LogP contribution in [0, 0.1) is 0 Å². The highest BCUT2D eigenvalue weighted by atomic mass is 19.4. The first-order valence-electron chi connectivity index (χ1n) is 4.89. The summed E-state index contributed by atoms with van der Waals surface area (Å²) < 4.78 is 146. The quantitative estimate of drug-likeness (QED) is 0.432. The second-order valence-electron chi connectivity index (χ2n) is 4.09. The van der Waals surface area contributed by atoms with Crippen molar-refractivity contribution in [2.24, 2.45) is 0 Å². The minimum absolute atomic E-state index is 0.309. The zero-order valence-electron chi connectivity index (χ0n) is 9.76. The molecule has 0 aliphatic heterocycles. The zero-order valence-corrected chi connectivity index (χ0v) is 9.76. The summed E-state index contributed by atoms with van der Waals surface area (Å²) in [5, 5.41) is 0. The number of hydrogen-bond acceptors (Lipinski definition) is 2. The van der Waals surface area contributed by atoms with E-state index in [1.54, 1.807) is 0 Å². The lowest BCUT2D eigenvalue weighted by Gasteiger charge is -2.51. The summed E-state index contributed by atoms with van der Waals surface area (Å²) in [7, 11) is 0. The van der Waals surface area contributed by atoms with Crippen LogP contribution in [-0.2, 0) is 9.53 Å². The Kier molecular flexibility index (Phi) is 3.57. The maximum absolute atomic E-state index is 13.6. The fraction of sp³-hybridized carbons (Fsp3) is 0.667. The Labute approximate surface area is 113 Å². The summed E-state index contributed by atoms with van der Waals surface area (Å²) in [4.78, 5) is 10.5. The average Bonchev–Trinajstić information content (AvgIpc) is 2.35. The van der Waals surface area contributed by atoms with Crippen LogP contribution in [0.1, 0.15) is 0 Å². The number of esters is 1. The number of rotatable bonds is 2. The van der Waals surface area contributed by atoms with Gasteiger partial charge in [-0.3, -0.25) is 0 Å². The van der Waals surface area contributed by atoms with Gasteiger partial charge in [0, 0.05) is 6.08 Å². The number of carbonyl (C=O) groups is 1. The van der Waals surface area contributed by atoms with Crippen molar-refractivity contribution in [2.75, 3.05) is 0 Å². The third-order valence-corrected chi connectivity index (χ3v) is 2.79. The molecule has 1 fully saturated rings. The first-order valence-corrected chi connectivity index (χ1v) is 4.89. The smallest absolute Gasteiger partial charge is 0.391 e. The van der Waals surface area contributed by atoms with Crippen molar-refractivity contribution in [3.05, 3.63) is 12.7 Å². The molecule has 0 bridgehead atoms. The topological polar surface area (TPSA) is 26.3 Å². The van der Waals surface area contributed by atoms with E-state index in [0.717, 1.165) is 0 Å². The first-order chi connectivity index (χ1) is 9.45. The SMILES string of the molecule is C=CC(=O)OC1(F)C(F)(F)C(F)(F)C(F)(F)C(F)(F)C1(F)F. The van der Waals surface area contributed by atoms with Crippen LogP contribution >= 0.6 is 0 Å². The van der Waals surface area contributed by atoms with Crippen LogP contribution in [0.3, 0.4) is 0 Å². The minimum atomic E-state index is -7.34. The molecule has 13 heteroatoms. The van der Waals surface area contributed by atoms with E-state index in [1.807, 2.05) is 0 Å². The molecule has 0 aromatic rings. The molecule has 0 atom stereocenters. The van der Waals surface area contributed by atoms with Gasteiger partial charge >= 0.3 is 41.4 Å². The summed E-state index contributed by atoms with van der Waals surface area (Å²) in [5.41, 5.74) is 0. The maximum Gasteiger partial charge on any atom is 0.391 e. The number of alkyl halides is 11. The van der Waals surface area contributed by atoms with Crippen molar-refractivity contribution in [1.29, 1.82) is 0 Å². The van der Waals surface area contributed by atoms with Crippen molar-refractivity contribution in [3.8, 4) is 0 Å². The van der Waals surface area contributed by atoms with Gasteiger partial charge in [0.05, 0.1) is 0 Å². The van der Waals surface area contributed by atoms with E-state index in [9.17, 15) is 53.1 Å². The molecule has 1 saturated carbocycles. The highest BCUT2D eigenvalue weighted by molar-refractivity contribution is 5.81. The lowest BCUT2D eigenvalue weighted by molar-refractivity contribution is -0.517. The van der Waals surface area contributed by atoms with E-state index in [-0.39, 0.29) is 6.08 Å². The van der Waals surface area contributed by atoms with Crippen LogP contribution < -0.4 is 0 Å². The number of ether oxygens (including phenoxy) is 1. The van der Waals surface area contributed by atoms with Gasteiger partial charge in [-0.2, -0.15) is 48.3 Å². The van der Waals surface area contributed by atoms with Gasteiger partial charge in [0.1, 0.15) is 0 Å². The number of halogens is 11. The van der Waals surface area contributed by atoms with E-state index >= 15 is 0 Å². The molecule has 0 N–H and O–H groups in total. The standard InChI is InChI=1S/C9H3F11O2/c1-2-3(21)22-9(20)7(16,17)5(12,13)4(10,11)6(14,15)8(9,18)19/h2H,1H2. The predicted octanol–water partition coefficient (Wildman–Crippen LogP) is 3.57. The van der Waals surface area contributed by atoms with Gasteiger partial charge in [0.15, 0.2) is 0 Å². The van der Waals surface area contributed by atoms with Crippen molar-refractivity contribution >= 4 is 5.97 Å². The van der Waals surface area contributed by atoms with Crippen LogP contribution in [0.15, 0.2) is 12.7 Å². The Morgan fingerprint density at radius 3 is 1.23 bits per heavy atom. The molecule has 1 aliphatic rings. The van der Waals surface area contributed by atoms with Gasteiger partial charge in [-0.1, -0.05) is 6.58 Å². The van der Waals surface area contributed by atoms with Gasteiger partial charge in [0.2, 0.25) is 0 Å². The monoisotopic (exact) mass is 352 g/mol. The molecule has 0 heterocycles. The van der Waals surface area contributed by atoms with Crippen LogP contribution in [0.4, 0.5) is 48.3 Å². The Balaban J connectivity index is 3.76. The molecule has 0 amide bonds. The molecular weight excluding hydrogens is 349 g/mol. The Morgan fingerprint density at radius 1 is 0.682 bits per heavy atom. The molecule has 1 rings (SSSR count). The van der Waals surface area contributed by atoms with E-state index in [1.165, 1.54) is 0 Å². The summed E-state index contributed by atoms with van der Waals surface area (Å²) in [6.07, 6.45) is -0.309. The fourth-order valence-electron chi connectivity index (χ4n) is 1.50. The normalized spacial score (nSPS) is 29.4. The van der Waals surface area contributed by atoms with E-state index in [0.29, 0.717) is 0 Å². The van der Waals surface area contributed by atoms with Crippen molar-refractivity contribution in [1.82, 2.24) is 0 Å². The van der Waals surface area contributed by atoms with Gasteiger partial charge in [-0.05, 0) is 0 Å². The zero-order chi connectivity index (χ0) is 18.0. The molecule has 0 aromatic carbocycles. The fourth-order valence-corrected chi connectivity index (χ4v) is 1.50. The average molecular weight is 352 g/mol. The summed E-state index contributed by atoms with van der Waals surface area (Å²) in [6, 6.07) is 0. The Hall–Kier alpha value is -1.56. The first kappa shape index (κ1) is 18.5. The lowest BCUT2D eigenvalue weighted by Crippen LogP contribution is -2.84. The third kappa shape index (κ3) is 1.59. The van der Waals surface area contributed by atoms with Gasteiger partial charge < -0.3 is 4.74 Å². The molecule has 0 radical (unpaired) electrons. The Bertz CT molecular complexity index is 480. The lowest BCUT2D eigenvalue weighted by atomic mass is 9.78. The van der Waals surface area contributed by atoms with Crippen molar-refractivity contribution < 1.29 is 57.8 Å². The molecule has 0 saturated heterocycles. The largest absolute Gasteiger partial charge is 0.413 e. The molecule has 128 valence electrons. The van der Waals surface area contributed by atoms with Crippen LogP contribution in [0.2, 0.25) is 0 Å². The van der Waals surface area contributed by atoms with Crippen LogP contribution in [-0.4, -0.2) is 41.4 Å². The number of carbonyl (C=O) groups excluding carboxylic acids is 1. The van der Waals surface area contributed by atoms with Crippen LogP contribution in [0.5, 0.6) is 0 Å². The molecular formula is C9H3F11O2.